The highest BCUT2D eigenvalue weighted by Crippen LogP contribution is 2.22. The number of carbonyl (C=O) groups is 1. The van der Waals surface area contributed by atoms with E-state index in [0.29, 0.717) is 5.75 Å². The Balaban J connectivity index is 3.64. The monoisotopic (exact) mass is 175 g/mol. The lowest BCUT2D eigenvalue weighted by molar-refractivity contribution is -0.125. The van der Waals surface area contributed by atoms with Crippen molar-refractivity contribution in [1.29, 1.82) is 0 Å². The minimum absolute atomic E-state index is 0.185. The summed E-state index contributed by atoms with van der Waals surface area (Å²) in [6.07, 6.45) is 0. The van der Waals surface area contributed by atoms with Crippen molar-refractivity contribution in [3.63, 3.8) is 0 Å². The van der Waals surface area contributed by atoms with E-state index in [9.17, 15) is 4.79 Å². The zero-order chi connectivity index (χ0) is 9.07. The van der Waals surface area contributed by atoms with Crippen LogP contribution in [0, 0.1) is 0 Å². The quantitative estimate of drug-likeness (QED) is 0.635. The van der Waals surface area contributed by atoms with E-state index in [2.05, 4.69) is 20.8 Å². The maximum Gasteiger partial charge on any atom is 0.232 e. The molecule has 0 spiro atoms. The van der Waals surface area contributed by atoms with Crippen LogP contribution in [0.15, 0.2) is 0 Å². The molecule has 0 aromatic rings. The first-order chi connectivity index (χ1) is 4.83. The van der Waals surface area contributed by atoms with Gasteiger partial charge in [-0.25, -0.2) is 0 Å². The van der Waals surface area contributed by atoms with Crippen LogP contribution < -0.4 is 0 Å². The van der Waals surface area contributed by atoms with Crippen LogP contribution in [-0.2, 0) is 4.79 Å². The summed E-state index contributed by atoms with van der Waals surface area (Å²) in [4.78, 5) is 12.7. The number of hydrogen-bond acceptors (Lipinski definition) is 2. The zero-order valence-corrected chi connectivity index (χ0v) is 8.79. The van der Waals surface area contributed by atoms with Gasteiger partial charge in [-0.2, -0.15) is 0 Å². The van der Waals surface area contributed by atoms with Crippen molar-refractivity contribution < 1.29 is 4.79 Å². The Hall–Kier alpha value is -0.180. The fraction of sp³-hybridized carbons (Fsp3) is 0.875. The van der Waals surface area contributed by atoms with E-state index in [1.54, 1.807) is 30.8 Å². The average Bonchev–Trinajstić information content (AvgIpc) is 1.80. The van der Waals surface area contributed by atoms with Crippen LogP contribution in [0.4, 0.5) is 0 Å². The molecule has 0 aromatic carbocycles. The number of thioether (sulfide) groups is 1. The van der Waals surface area contributed by atoms with Crippen molar-refractivity contribution in [2.75, 3.05) is 19.8 Å². The average molecular weight is 175 g/mol. The third kappa shape index (κ3) is 6.23. The topological polar surface area (TPSA) is 20.3 Å². The molecule has 2 nitrogen and oxygen atoms in total. The van der Waals surface area contributed by atoms with Crippen molar-refractivity contribution in [3.8, 4) is 0 Å². The second-order valence-corrected chi connectivity index (χ2v) is 5.49. The lowest BCUT2D eigenvalue weighted by atomic mass is 10.3. The van der Waals surface area contributed by atoms with Crippen LogP contribution in [0.3, 0.4) is 0 Å². The van der Waals surface area contributed by atoms with Gasteiger partial charge in [0.1, 0.15) is 0 Å². The van der Waals surface area contributed by atoms with Gasteiger partial charge in [-0.15, -0.1) is 11.8 Å². The molecule has 0 fully saturated rings. The fourth-order valence-electron chi connectivity index (χ4n) is 0.407. The fourth-order valence-corrected chi connectivity index (χ4v) is 1.22. The molecule has 0 aromatic heterocycles. The summed E-state index contributed by atoms with van der Waals surface area (Å²) >= 11 is 1.68. The summed E-state index contributed by atoms with van der Waals surface area (Å²) in [5.74, 6) is 0.765. The molecule has 3 heteroatoms. The van der Waals surface area contributed by atoms with E-state index in [1.807, 2.05) is 0 Å². The maximum atomic E-state index is 11.1. The minimum Gasteiger partial charge on any atom is -0.348 e. The van der Waals surface area contributed by atoms with Crippen molar-refractivity contribution in [1.82, 2.24) is 4.90 Å². The van der Waals surface area contributed by atoms with E-state index in [0.717, 1.165) is 0 Å². The Morgan fingerprint density at radius 1 is 1.36 bits per heavy atom. The molecule has 0 saturated carbocycles. The molecule has 0 saturated heterocycles. The SMILES string of the molecule is CN(C)C(=O)CSC(C)(C)C. The number of nitrogens with zero attached hydrogens (tertiary/aromatic N) is 1. The summed E-state index contributed by atoms with van der Waals surface area (Å²) in [5, 5.41) is 0. The number of hydrogen-bond donors (Lipinski definition) is 0. The van der Waals surface area contributed by atoms with Crippen LogP contribution in [0.5, 0.6) is 0 Å². The lowest BCUT2D eigenvalue weighted by Crippen LogP contribution is -2.25. The van der Waals surface area contributed by atoms with Gasteiger partial charge >= 0.3 is 0 Å². The van der Waals surface area contributed by atoms with Gasteiger partial charge in [0.2, 0.25) is 5.91 Å². The Morgan fingerprint density at radius 3 is 2.09 bits per heavy atom. The van der Waals surface area contributed by atoms with Gasteiger partial charge in [-0.3, -0.25) is 4.79 Å². The van der Waals surface area contributed by atoms with Crippen LogP contribution >= 0.6 is 11.8 Å². The van der Waals surface area contributed by atoms with E-state index in [-0.39, 0.29) is 10.7 Å². The standard InChI is InChI=1S/C8H17NOS/c1-8(2,3)11-6-7(10)9(4)5/h6H2,1-5H3. The molecule has 66 valence electrons. The molecule has 0 heterocycles. The van der Waals surface area contributed by atoms with Crippen LogP contribution in [0.1, 0.15) is 20.8 Å². The van der Waals surface area contributed by atoms with Crippen molar-refractivity contribution in [2.24, 2.45) is 0 Å². The summed E-state index contributed by atoms with van der Waals surface area (Å²) in [5.41, 5.74) is 0. The van der Waals surface area contributed by atoms with E-state index in [4.69, 9.17) is 0 Å². The largest absolute Gasteiger partial charge is 0.348 e. The van der Waals surface area contributed by atoms with Gasteiger partial charge in [0.15, 0.2) is 0 Å². The Kier molecular flexibility index (Phi) is 3.93. The molecule has 0 aliphatic heterocycles. The summed E-state index contributed by atoms with van der Waals surface area (Å²) < 4.78 is 0.186. The van der Waals surface area contributed by atoms with Crippen molar-refractivity contribution in [2.45, 2.75) is 25.5 Å². The molecule has 0 radical (unpaired) electrons. The number of carbonyl (C=O) groups excluding carboxylic acids is 1. The Morgan fingerprint density at radius 2 is 1.82 bits per heavy atom. The summed E-state index contributed by atoms with van der Waals surface area (Å²) in [6, 6.07) is 0. The van der Waals surface area contributed by atoms with Crippen LogP contribution in [0.25, 0.3) is 0 Å². The van der Waals surface area contributed by atoms with Gasteiger partial charge in [-0.1, -0.05) is 20.8 Å². The van der Waals surface area contributed by atoms with Gasteiger partial charge in [0, 0.05) is 18.8 Å². The Labute approximate surface area is 73.3 Å². The summed E-state index contributed by atoms with van der Waals surface area (Å²) in [7, 11) is 3.57. The molecule has 0 N–H and O–H groups in total. The predicted octanol–water partition coefficient (Wildman–Crippen LogP) is 1.61. The molecular formula is C8H17NOS. The molecule has 0 aliphatic carbocycles. The highest BCUT2D eigenvalue weighted by molar-refractivity contribution is 8.01. The molecule has 0 bridgehead atoms. The highest BCUT2D eigenvalue weighted by atomic mass is 32.2. The zero-order valence-electron chi connectivity index (χ0n) is 7.97. The number of amides is 1. The molecular weight excluding hydrogens is 158 g/mol. The van der Waals surface area contributed by atoms with Gasteiger partial charge < -0.3 is 4.90 Å². The maximum absolute atomic E-state index is 11.1. The Bertz CT molecular complexity index is 138. The summed E-state index contributed by atoms with van der Waals surface area (Å²) in [6.45, 7) is 6.34. The third-order valence-electron chi connectivity index (χ3n) is 1.13. The van der Waals surface area contributed by atoms with E-state index < -0.39 is 0 Å². The first kappa shape index (κ1) is 10.8. The molecule has 1 amide bonds. The second kappa shape index (κ2) is 4.00. The molecule has 0 atom stereocenters. The lowest BCUT2D eigenvalue weighted by Gasteiger charge is -2.18. The first-order valence-corrected chi connectivity index (χ1v) is 4.65. The minimum atomic E-state index is 0.185. The van der Waals surface area contributed by atoms with Gasteiger partial charge in [-0.05, 0) is 0 Å². The van der Waals surface area contributed by atoms with Crippen molar-refractivity contribution >= 4 is 17.7 Å². The molecule has 11 heavy (non-hydrogen) atoms. The van der Waals surface area contributed by atoms with Gasteiger partial charge in [0.25, 0.3) is 0 Å². The smallest absolute Gasteiger partial charge is 0.232 e. The predicted molar refractivity (Wildman–Crippen MR) is 50.9 cm³/mol. The first-order valence-electron chi connectivity index (χ1n) is 3.67. The normalized spacial score (nSPS) is 11.4. The second-order valence-electron chi connectivity index (χ2n) is 3.69. The van der Waals surface area contributed by atoms with E-state index in [1.165, 1.54) is 0 Å². The van der Waals surface area contributed by atoms with Gasteiger partial charge in [0.05, 0.1) is 5.75 Å². The van der Waals surface area contributed by atoms with Crippen molar-refractivity contribution in [3.05, 3.63) is 0 Å². The number of rotatable bonds is 2. The van der Waals surface area contributed by atoms with Crippen LogP contribution in [-0.4, -0.2) is 35.4 Å². The third-order valence-corrected chi connectivity index (χ3v) is 2.38. The molecule has 0 rings (SSSR count). The highest BCUT2D eigenvalue weighted by Gasteiger charge is 2.13. The molecule has 0 aliphatic rings. The van der Waals surface area contributed by atoms with Crippen LogP contribution in [0.2, 0.25) is 0 Å². The molecule has 0 unspecified atom stereocenters. The van der Waals surface area contributed by atoms with E-state index >= 15 is 0 Å².